The van der Waals surface area contributed by atoms with E-state index in [2.05, 4.69) is 15.2 Å². The number of carbonyl (C=O) groups excluding carboxylic acids is 1. The topological polar surface area (TPSA) is 98.8 Å². The van der Waals surface area contributed by atoms with E-state index >= 15 is 0 Å². The lowest BCUT2D eigenvalue weighted by atomic mass is 10.2. The summed E-state index contributed by atoms with van der Waals surface area (Å²) in [6, 6.07) is 11.2. The lowest BCUT2D eigenvalue weighted by Crippen LogP contribution is -2.20. The van der Waals surface area contributed by atoms with Crippen molar-refractivity contribution in [2.75, 3.05) is 6.61 Å². The molecule has 3 N–H and O–H groups in total. The van der Waals surface area contributed by atoms with Gasteiger partial charge in [-0.15, -0.1) is 0 Å². The van der Waals surface area contributed by atoms with E-state index in [1.54, 1.807) is 24.5 Å². The monoisotopic (exact) mass is 367 g/mol. The van der Waals surface area contributed by atoms with Gasteiger partial charge in [0.2, 0.25) is 0 Å². The number of nitrogens with one attached hydrogen (secondary N) is 1. The number of carbonyl (C=O) groups is 1. The molecule has 4 aromatic rings. The molecule has 0 aliphatic rings. The summed E-state index contributed by atoms with van der Waals surface area (Å²) in [6.07, 6.45) is 5.37. The molecule has 4 rings (SSSR count). The van der Waals surface area contributed by atoms with E-state index in [-0.39, 0.29) is 6.61 Å². The maximum absolute atomic E-state index is 10.8. The molecule has 0 bridgehead atoms. The smallest absolute Gasteiger partial charge is 0.255 e. The number of nitrogens with two attached hydrogens (primary N) is 1. The Morgan fingerprint density at radius 2 is 2.15 bits per heavy atom. The van der Waals surface area contributed by atoms with Crippen LogP contribution in [0.3, 0.4) is 0 Å². The van der Waals surface area contributed by atoms with Gasteiger partial charge in [-0.05, 0) is 36.4 Å². The minimum atomic E-state index is -0.560. The van der Waals surface area contributed by atoms with Gasteiger partial charge in [0.25, 0.3) is 5.91 Å². The maximum Gasteiger partial charge on any atom is 0.255 e. The maximum atomic E-state index is 10.8. The summed E-state index contributed by atoms with van der Waals surface area (Å²) in [7, 11) is 0. The number of aromatic amines is 1. The van der Waals surface area contributed by atoms with Gasteiger partial charge in [0.15, 0.2) is 6.61 Å². The number of H-pyrrole nitrogens is 1. The fourth-order valence-corrected chi connectivity index (χ4v) is 2.94. The highest BCUT2D eigenvalue weighted by atomic mass is 35.5. The molecule has 2 heterocycles. The molecule has 130 valence electrons. The summed E-state index contributed by atoms with van der Waals surface area (Å²) < 4.78 is 7.23. The van der Waals surface area contributed by atoms with Gasteiger partial charge in [-0.3, -0.25) is 14.5 Å². The zero-order valence-corrected chi connectivity index (χ0v) is 14.3. The number of hydrogen-bond donors (Lipinski definition) is 2. The van der Waals surface area contributed by atoms with Crippen LogP contribution in [0.4, 0.5) is 0 Å². The lowest BCUT2D eigenvalue weighted by molar-refractivity contribution is -0.119. The van der Waals surface area contributed by atoms with Crippen molar-refractivity contribution in [3.8, 4) is 22.8 Å². The van der Waals surface area contributed by atoms with E-state index in [0.29, 0.717) is 10.8 Å². The fraction of sp³-hybridized carbons (Fsp3) is 0.0556. The molecule has 0 fully saturated rings. The van der Waals surface area contributed by atoms with Crippen LogP contribution in [0, 0.1) is 0 Å². The zero-order valence-electron chi connectivity index (χ0n) is 13.5. The predicted molar refractivity (Wildman–Crippen MR) is 98.4 cm³/mol. The molecule has 0 atom stereocenters. The Balaban J connectivity index is 1.70. The second kappa shape index (κ2) is 6.53. The third-order valence-corrected chi connectivity index (χ3v) is 4.20. The zero-order chi connectivity index (χ0) is 18.1. The number of rotatable bonds is 5. The van der Waals surface area contributed by atoms with Crippen molar-refractivity contribution in [1.82, 2.24) is 19.7 Å². The van der Waals surface area contributed by atoms with Gasteiger partial charge < -0.3 is 10.5 Å². The predicted octanol–water partition coefficient (Wildman–Crippen LogP) is 2.93. The number of fused-ring (bicyclic) bond motifs is 1. The highest BCUT2D eigenvalue weighted by Gasteiger charge is 2.12. The summed E-state index contributed by atoms with van der Waals surface area (Å²) in [5, 5.41) is 8.42. The Morgan fingerprint density at radius 1 is 1.27 bits per heavy atom. The van der Waals surface area contributed by atoms with Gasteiger partial charge in [-0.1, -0.05) is 11.6 Å². The molecule has 2 aromatic heterocycles. The van der Waals surface area contributed by atoms with Crippen molar-refractivity contribution >= 4 is 28.4 Å². The average Bonchev–Trinajstić information content (AvgIpc) is 3.28. The van der Waals surface area contributed by atoms with Crippen molar-refractivity contribution in [3.05, 3.63) is 60.0 Å². The van der Waals surface area contributed by atoms with Gasteiger partial charge in [0.1, 0.15) is 11.6 Å². The van der Waals surface area contributed by atoms with Crippen LogP contribution in [0.15, 0.2) is 55.0 Å². The number of primary amides is 1. The van der Waals surface area contributed by atoms with Crippen LogP contribution in [-0.2, 0) is 4.79 Å². The molecule has 8 heteroatoms. The van der Waals surface area contributed by atoms with Crippen LogP contribution in [0.2, 0.25) is 5.02 Å². The number of imidazole rings is 1. The number of halogens is 1. The van der Waals surface area contributed by atoms with Gasteiger partial charge >= 0.3 is 0 Å². The SMILES string of the molecule is NC(=O)COc1ccc(-c2nccn2-c2ccc3cn[nH]c3c2)cc1Cl. The van der Waals surface area contributed by atoms with Crippen LogP contribution >= 0.6 is 11.6 Å². The molecule has 0 radical (unpaired) electrons. The van der Waals surface area contributed by atoms with E-state index in [9.17, 15) is 4.79 Å². The first-order chi connectivity index (χ1) is 12.6. The Kier molecular flexibility index (Phi) is 4.06. The molecule has 26 heavy (non-hydrogen) atoms. The van der Waals surface area contributed by atoms with Crippen LogP contribution in [0.25, 0.3) is 28.0 Å². The molecule has 0 saturated heterocycles. The number of benzene rings is 2. The van der Waals surface area contributed by atoms with Gasteiger partial charge in [-0.25, -0.2) is 4.98 Å². The van der Waals surface area contributed by atoms with Gasteiger partial charge in [-0.2, -0.15) is 5.10 Å². The van der Waals surface area contributed by atoms with Crippen molar-refractivity contribution in [2.24, 2.45) is 5.73 Å². The molecular weight excluding hydrogens is 354 g/mol. The summed E-state index contributed by atoms with van der Waals surface area (Å²) in [5.41, 5.74) is 7.79. The van der Waals surface area contributed by atoms with Crippen LogP contribution in [0.5, 0.6) is 5.75 Å². The molecule has 0 spiro atoms. The van der Waals surface area contributed by atoms with Gasteiger partial charge in [0.05, 0.1) is 16.7 Å². The van der Waals surface area contributed by atoms with Crippen molar-refractivity contribution in [1.29, 1.82) is 0 Å². The van der Waals surface area contributed by atoms with Gasteiger partial charge in [0, 0.05) is 29.0 Å². The number of aromatic nitrogens is 4. The molecule has 1 amide bonds. The molecule has 0 aliphatic heterocycles. The molecule has 7 nitrogen and oxygen atoms in total. The average molecular weight is 368 g/mol. The lowest BCUT2D eigenvalue weighted by Gasteiger charge is -2.10. The third-order valence-electron chi connectivity index (χ3n) is 3.90. The number of amides is 1. The highest BCUT2D eigenvalue weighted by molar-refractivity contribution is 6.32. The number of hydrogen-bond acceptors (Lipinski definition) is 4. The second-order valence-corrected chi connectivity index (χ2v) is 6.07. The Hall–Kier alpha value is -3.32. The Labute approximate surface area is 153 Å². The second-order valence-electron chi connectivity index (χ2n) is 5.66. The molecule has 0 aliphatic carbocycles. The highest BCUT2D eigenvalue weighted by Crippen LogP contribution is 2.31. The van der Waals surface area contributed by atoms with E-state index in [4.69, 9.17) is 22.1 Å². The van der Waals surface area contributed by atoms with E-state index < -0.39 is 5.91 Å². The van der Waals surface area contributed by atoms with Crippen LogP contribution in [-0.4, -0.2) is 32.3 Å². The van der Waals surface area contributed by atoms with Crippen LogP contribution in [0.1, 0.15) is 0 Å². The molecular formula is C18H14ClN5O2. The first-order valence-electron chi connectivity index (χ1n) is 7.80. The summed E-state index contributed by atoms with van der Waals surface area (Å²) in [5.74, 6) is 0.563. The standard InChI is InChI=1S/C18H14ClN5O2/c19-14-7-11(2-4-16(14)26-10-17(20)25)18-21-5-6-24(18)13-3-1-12-9-22-23-15(12)8-13/h1-9H,10H2,(H2,20,25)(H,22,23). The van der Waals surface area contributed by atoms with E-state index in [1.807, 2.05) is 35.0 Å². The minimum absolute atomic E-state index is 0.224. The van der Waals surface area contributed by atoms with E-state index in [0.717, 1.165) is 28.0 Å². The largest absolute Gasteiger partial charge is 0.482 e. The first-order valence-corrected chi connectivity index (χ1v) is 8.17. The fourth-order valence-electron chi connectivity index (χ4n) is 2.71. The van der Waals surface area contributed by atoms with Crippen LogP contribution < -0.4 is 10.5 Å². The number of nitrogens with zero attached hydrogens (tertiary/aromatic N) is 3. The quantitative estimate of drug-likeness (QED) is 0.566. The summed E-state index contributed by atoms with van der Waals surface area (Å²) in [4.78, 5) is 15.3. The summed E-state index contributed by atoms with van der Waals surface area (Å²) in [6.45, 7) is -0.224. The molecule has 0 unspecified atom stereocenters. The first kappa shape index (κ1) is 16.2. The normalized spacial score (nSPS) is 11.0. The summed E-state index contributed by atoms with van der Waals surface area (Å²) >= 11 is 6.26. The van der Waals surface area contributed by atoms with Crippen molar-refractivity contribution in [3.63, 3.8) is 0 Å². The Morgan fingerprint density at radius 3 is 2.96 bits per heavy atom. The van der Waals surface area contributed by atoms with E-state index in [1.165, 1.54) is 0 Å². The van der Waals surface area contributed by atoms with Crippen molar-refractivity contribution in [2.45, 2.75) is 0 Å². The third kappa shape index (κ3) is 3.00. The van der Waals surface area contributed by atoms with Crippen molar-refractivity contribution < 1.29 is 9.53 Å². The molecule has 2 aromatic carbocycles. The molecule has 0 saturated carbocycles. The minimum Gasteiger partial charge on any atom is -0.482 e. The Bertz CT molecular complexity index is 1100. The number of ether oxygens (including phenoxy) is 1.